The highest BCUT2D eigenvalue weighted by atomic mass is 32.1. The molecule has 0 atom stereocenters. The molecule has 0 heterocycles. The fourth-order valence-corrected chi connectivity index (χ4v) is 2.37. The number of methoxy groups -OCH3 is 2. The zero-order chi connectivity index (χ0) is 20.0. The first-order chi connectivity index (χ1) is 12.8. The predicted molar refractivity (Wildman–Crippen MR) is 102 cm³/mol. The van der Waals surface area contributed by atoms with Crippen LogP contribution in [0.15, 0.2) is 42.5 Å². The molecule has 27 heavy (non-hydrogen) atoms. The molecule has 2 N–H and O–H groups in total. The number of carbonyl (C=O) groups is 2. The van der Waals surface area contributed by atoms with Gasteiger partial charge in [-0.3, -0.25) is 10.1 Å². The van der Waals surface area contributed by atoms with Crippen LogP contribution in [0.4, 0.5) is 17.1 Å². The van der Waals surface area contributed by atoms with E-state index in [4.69, 9.17) is 12.2 Å². The maximum absolute atomic E-state index is 11.8. The number of rotatable bonds is 5. The van der Waals surface area contributed by atoms with Crippen LogP contribution < -0.4 is 10.6 Å². The van der Waals surface area contributed by atoms with Gasteiger partial charge in [0, 0.05) is 23.5 Å². The van der Waals surface area contributed by atoms with Crippen molar-refractivity contribution in [1.82, 2.24) is 0 Å². The van der Waals surface area contributed by atoms with Gasteiger partial charge in [-0.05, 0) is 42.5 Å². The van der Waals surface area contributed by atoms with Gasteiger partial charge in [0.15, 0.2) is 5.11 Å². The highest BCUT2D eigenvalue weighted by Crippen LogP contribution is 2.19. The lowest BCUT2D eigenvalue weighted by molar-refractivity contribution is -0.384. The van der Waals surface area contributed by atoms with E-state index in [0.717, 1.165) is 0 Å². The molecular weight excluding hydrogens is 374 g/mol. The molecule has 0 aromatic heterocycles. The normalized spacial score (nSPS) is 9.85. The van der Waals surface area contributed by atoms with Crippen molar-refractivity contribution in [2.45, 2.75) is 0 Å². The number of benzene rings is 2. The molecule has 10 heteroatoms. The molecule has 0 aliphatic heterocycles. The number of non-ortho nitro benzene ring substituents is 1. The van der Waals surface area contributed by atoms with Crippen molar-refractivity contribution >= 4 is 46.3 Å². The van der Waals surface area contributed by atoms with Gasteiger partial charge in [0.05, 0.1) is 30.3 Å². The maximum atomic E-state index is 11.8. The second-order valence-electron chi connectivity index (χ2n) is 5.17. The Balaban J connectivity index is 2.19. The summed E-state index contributed by atoms with van der Waals surface area (Å²) in [7, 11) is 2.45. The van der Waals surface area contributed by atoms with Gasteiger partial charge in [-0.2, -0.15) is 0 Å². The molecule has 9 nitrogen and oxygen atoms in total. The summed E-state index contributed by atoms with van der Waals surface area (Å²) in [5, 5.41) is 16.5. The first-order valence-corrected chi connectivity index (χ1v) is 7.89. The average Bonchev–Trinajstić information content (AvgIpc) is 2.66. The Labute approximate surface area is 159 Å². The molecule has 0 unspecified atom stereocenters. The largest absolute Gasteiger partial charge is 0.465 e. The molecule has 2 aromatic carbocycles. The Morgan fingerprint density at radius 2 is 1.41 bits per heavy atom. The van der Waals surface area contributed by atoms with Crippen molar-refractivity contribution in [3.8, 4) is 0 Å². The van der Waals surface area contributed by atoms with Gasteiger partial charge in [0.2, 0.25) is 0 Å². The average molecular weight is 389 g/mol. The number of nitrogens with one attached hydrogen (secondary N) is 2. The second kappa shape index (κ2) is 8.72. The van der Waals surface area contributed by atoms with Crippen LogP contribution in [-0.4, -0.2) is 36.2 Å². The van der Waals surface area contributed by atoms with Crippen LogP contribution in [0.25, 0.3) is 0 Å². The molecule has 2 aromatic rings. The Bertz CT molecular complexity index is 864. The van der Waals surface area contributed by atoms with E-state index in [0.29, 0.717) is 11.4 Å². The molecule has 0 aliphatic rings. The molecule has 2 rings (SSSR count). The Kier molecular flexibility index (Phi) is 6.39. The highest BCUT2D eigenvalue weighted by molar-refractivity contribution is 7.80. The lowest BCUT2D eigenvalue weighted by Crippen LogP contribution is -2.20. The number of esters is 2. The van der Waals surface area contributed by atoms with Crippen molar-refractivity contribution < 1.29 is 24.0 Å². The summed E-state index contributed by atoms with van der Waals surface area (Å²) in [5.41, 5.74) is 1.11. The summed E-state index contributed by atoms with van der Waals surface area (Å²) >= 11 is 5.19. The summed E-state index contributed by atoms with van der Waals surface area (Å²) in [6.45, 7) is 0. The summed E-state index contributed by atoms with van der Waals surface area (Å²) < 4.78 is 9.34. The first-order valence-electron chi connectivity index (χ1n) is 7.48. The quantitative estimate of drug-likeness (QED) is 0.344. The fraction of sp³-hybridized carbons (Fsp3) is 0.118. The Hall–Kier alpha value is -3.53. The van der Waals surface area contributed by atoms with Crippen LogP contribution in [0.1, 0.15) is 20.7 Å². The monoisotopic (exact) mass is 389 g/mol. The van der Waals surface area contributed by atoms with Gasteiger partial charge in [0.1, 0.15) is 0 Å². The van der Waals surface area contributed by atoms with E-state index in [9.17, 15) is 19.7 Å². The van der Waals surface area contributed by atoms with Crippen molar-refractivity contribution in [2.75, 3.05) is 24.9 Å². The minimum Gasteiger partial charge on any atom is -0.465 e. The number of nitro benzene ring substituents is 1. The van der Waals surface area contributed by atoms with Crippen molar-refractivity contribution in [2.24, 2.45) is 0 Å². The molecule has 0 fully saturated rings. The molecule has 0 saturated carbocycles. The lowest BCUT2D eigenvalue weighted by atomic mass is 10.1. The number of nitrogens with zero attached hydrogens (tertiary/aromatic N) is 1. The summed E-state index contributed by atoms with van der Waals surface area (Å²) in [5.74, 6) is -1.25. The number of thiocarbonyl (C=S) groups is 1. The van der Waals surface area contributed by atoms with Crippen molar-refractivity contribution in [3.63, 3.8) is 0 Å². The van der Waals surface area contributed by atoms with E-state index in [1.54, 1.807) is 0 Å². The fourth-order valence-electron chi connectivity index (χ4n) is 2.13. The molecule has 0 amide bonds. The maximum Gasteiger partial charge on any atom is 0.337 e. The second-order valence-corrected chi connectivity index (χ2v) is 5.57. The third kappa shape index (κ3) is 5.22. The van der Waals surface area contributed by atoms with Crippen LogP contribution in [-0.2, 0) is 9.47 Å². The SMILES string of the molecule is COC(=O)c1cc(NC(=S)Nc2ccc([N+](=O)[O-])cc2)cc(C(=O)OC)c1. The molecule has 140 valence electrons. The topological polar surface area (TPSA) is 120 Å². The molecule has 0 aliphatic carbocycles. The van der Waals surface area contributed by atoms with E-state index < -0.39 is 16.9 Å². The van der Waals surface area contributed by atoms with Crippen LogP contribution in [0.5, 0.6) is 0 Å². The van der Waals surface area contributed by atoms with Crippen LogP contribution in [0.2, 0.25) is 0 Å². The molecule has 0 spiro atoms. The van der Waals surface area contributed by atoms with Crippen LogP contribution in [0.3, 0.4) is 0 Å². The summed E-state index contributed by atoms with van der Waals surface area (Å²) in [4.78, 5) is 33.7. The number of carbonyl (C=O) groups excluding carboxylic acids is 2. The molecule has 0 radical (unpaired) electrons. The number of anilines is 2. The van der Waals surface area contributed by atoms with Crippen molar-refractivity contribution in [1.29, 1.82) is 0 Å². The van der Waals surface area contributed by atoms with E-state index in [1.165, 1.54) is 56.7 Å². The number of hydrogen-bond donors (Lipinski definition) is 2. The summed E-state index contributed by atoms with van der Waals surface area (Å²) in [6.07, 6.45) is 0. The third-order valence-corrected chi connectivity index (χ3v) is 3.57. The summed E-state index contributed by atoms with van der Waals surface area (Å²) in [6, 6.07) is 9.92. The number of hydrogen-bond acceptors (Lipinski definition) is 7. The van der Waals surface area contributed by atoms with Gasteiger partial charge in [0.25, 0.3) is 5.69 Å². The lowest BCUT2D eigenvalue weighted by Gasteiger charge is -2.12. The van der Waals surface area contributed by atoms with Gasteiger partial charge in [-0.1, -0.05) is 0 Å². The van der Waals surface area contributed by atoms with Gasteiger partial charge >= 0.3 is 11.9 Å². The zero-order valence-corrected chi connectivity index (χ0v) is 15.2. The smallest absolute Gasteiger partial charge is 0.337 e. The first kappa shape index (κ1) is 19.8. The molecule has 0 saturated heterocycles. The molecule has 0 bridgehead atoms. The van der Waals surface area contributed by atoms with Gasteiger partial charge < -0.3 is 20.1 Å². The Morgan fingerprint density at radius 3 is 1.85 bits per heavy atom. The predicted octanol–water partition coefficient (Wildman–Crippen LogP) is 2.98. The standard InChI is InChI=1S/C17H15N3O6S/c1-25-15(21)10-7-11(16(22)26-2)9-13(8-10)19-17(27)18-12-3-5-14(6-4-12)20(23)24/h3-9H,1-2H3,(H2,18,19,27). The van der Waals surface area contributed by atoms with E-state index in [2.05, 4.69) is 20.1 Å². The number of nitro groups is 1. The third-order valence-electron chi connectivity index (χ3n) is 3.37. The molecular formula is C17H15N3O6S. The van der Waals surface area contributed by atoms with E-state index >= 15 is 0 Å². The van der Waals surface area contributed by atoms with E-state index in [-0.39, 0.29) is 21.9 Å². The minimum atomic E-state index is -0.627. The van der Waals surface area contributed by atoms with Gasteiger partial charge in [-0.25, -0.2) is 9.59 Å². The minimum absolute atomic E-state index is 0.0482. The van der Waals surface area contributed by atoms with Crippen LogP contribution in [0, 0.1) is 10.1 Å². The van der Waals surface area contributed by atoms with Gasteiger partial charge in [-0.15, -0.1) is 0 Å². The number of ether oxygens (including phenoxy) is 2. The van der Waals surface area contributed by atoms with Crippen LogP contribution >= 0.6 is 12.2 Å². The van der Waals surface area contributed by atoms with Crippen molar-refractivity contribution in [3.05, 3.63) is 63.7 Å². The van der Waals surface area contributed by atoms with E-state index in [1.807, 2.05) is 0 Å². The zero-order valence-electron chi connectivity index (χ0n) is 14.3. The highest BCUT2D eigenvalue weighted by Gasteiger charge is 2.14. The Morgan fingerprint density at radius 1 is 0.926 bits per heavy atom.